The molecule has 0 aromatic rings. The first-order valence-electron chi connectivity index (χ1n) is 36.5. The van der Waals surface area contributed by atoms with Crippen LogP contribution in [0.4, 0.5) is 0 Å². The Morgan fingerprint density at radius 2 is 0.745 bits per heavy atom. The molecule has 2 aliphatic heterocycles. The highest BCUT2D eigenvalue weighted by molar-refractivity contribution is 7.47. The molecule has 552 valence electrons. The van der Waals surface area contributed by atoms with Gasteiger partial charge in [0.05, 0.1) is 13.2 Å². The quantitative estimate of drug-likeness (QED) is 0.00888. The lowest BCUT2D eigenvalue weighted by molar-refractivity contribution is -0.360. The normalized spacial score (nSPS) is 28.3. The summed E-state index contributed by atoms with van der Waals surface area (Å²) < 4.78 is 64.9. The number of phosphoric ester groups is 1. The molecule has 0 amide bonds. The molecule has 0 spiro atoms. The number of rotatable bonds is 56. The molecular weight excluding hydrogens is 1240 g/mol. The van der Waals surface area contributed by atoms with Crippen molar-refractivity contribution in [2.45, 2.75) is 382 Å². The van der Waals surface area contributed by atoms with Crippen molar-refractivity contribution in [2.24, 2.45) is 0 Å². The lowest BCUT2D eigenvalue weighted by Gasteiger charge is -2.49. The summed E-state index contributed by atoms with van der Waals surface area (Å²) >= 11 is 0. The number of unbranched alkanes of at least 4 members (excludes halogenated alkanes) is 33. The Kier molecular flexibility index (Phi) is 47.3. The van der Waals surface area contributed by atoms with Crippen molar-refractivity contribution in [1.29, 1.82) is 0 Å². The van der Waals surface area contributed by atoms with Crippen molar-refractivity contribution >= 4 is 25.7 Å². The summed E-state index contributed by atoms with van der Waals surface area (Å²) in [6.07, 6.45) is 8.71. The fourth-order valence-electron chi connectivity index (χ4n) is 12.0. The molecule has 24 nitrogen and oxygen atoms in total. The third-order valence-corrected chi connectivity index (χ3v) is 19.0. The van der Waals surface area contributed by atoms with Crippen LogP contribution in [0, 0.1) is 0 Å². The number of carbonyl (C=O) groups excluding carboxylic acids is 3. The summed E-state index contributed by atoms with van der Waals surface area (Å²) in [6, 6.07) is 0. The van der Waals surface area contributed by atoms with E-state index in [1.54, 1.807) is 0 Å². The summed E-state index contributed by atoms with van der Waals surface area (Å²) in [5, 5.41) is 110. The molecule has 0 aromatic carbocycles. The van der Waals surface area contributed by atoms with Crippen molar-refractivity contribution in [2.75, 3.05) is 26.4 Å². The van der Waals surface area contributed by atoms with Gasteiger partial charge in [0, 0.05) is 19.3 Å². The van der Waals surface area contributed by atoms with Gasteiger partial charge in [-0.2, -0.15) is 0 Å². The summed E-state index contributed by atoms with van der Waals surface area (Å²) in [5.41, 5.74) is 0. The number of carbonyl (C=O) groups is 3. The highest BCUT2D eigenvalue weighted by Crippen LogP contribution is 2.49. The van der Waals surface area contributed by atoms with Gasteiger partial charge in [-0.25, -0.2) is 4.57 Å². The van der Waals surface area contributed by atoms with Crippen molar-refractivity contribution in [3.63, 3.8) is 0 Å². The molecule has 3 fully saturated rings. The molecule has 0 bridgehead atoms. The van der Waals surface area contributed by atoms with Gasteiger partial charge in [0.25, 0.3) is 0 Å². The van der Waals surface area contributed by atoms with E-state index in [9.17, 15) is 74.9 Å². The van der Waals surface area contributed by atoms with Crippen molar-refractivity contribution in [1.82, 2.24) is 0 Å². The topological polar surface area (TPSA) is 374 Å². The van der Waals surface area contributed by atoms with Gasteiger partial charge >= 0.3 is 25.7 Å². The van der Waals surface area contributed by atoms with E-state index in [1.807, 2.05) is 0 Å². The summed E-state index contributed by atoms with van der Waals surface area (Å²) in [4.78, 5) is 50.8. The Balaban J connectivity index is 1.75. The largest absolute Gasteiger partial charge is 0.472 e. The fraction of sp³-hybridized carbons (Fsp3) is 0.928. The van der Waals surface area contributed by atoms with Crippen LogP contribution in [0.15, 0.2) is 12.2 Å². The zero-order valence-electron chi connectivity index (χ0n) is 57.3. The molecule has 2 heterocycles. The van der Waals surface area contributed by atoms with Crippen LogP contribution in [0.1, 0.15) is 278 Å². The predicted molar refractivity (Wildman–Crippen MR) is 352 cm³/mol. The zero-order chi connectivity index (χ0) is 68.9. The minimum Gasteiger partial charge on any atom is -0.463 e. The van der Waals surface area contributed by atoms with Crippen molar-refractivity contribution < 1.29 is 117 Å². The van der Waals surface area contributed by atoms with Crippen LogP contribution in [0.3, 0.4) is 0 Å². The van der Waals surface area contributed by atoms with E-state index in [4.69, 9.17) is 42.2 Å². The van der Waals surface area contributed by atoms with Crippen molar-refractivity contribution in [3.05, 3.63) is 12.2 Å². The van der Waals surface area contributed by atoms with Crippen LogP contribution in [0.5, 0.6) is 0 Å². The fourth-order valence-corrected chi connectivity index (χ4v) is 13.0. The number of hydrogen-bond acceptors (Lipinski definition) is 23. The lowest BCUT2D eigenvalue weighted by Crippen LogP contribution is -2.69. The van der Waals surface area contributed by atoms with Gasteiger partial charge in [-0.3, -0.25) is 23.4 Å². The molecule has 25 heteroatoms. The molecule has 18 unspecified atom stereocenters. The Morgan fingerprint density at radius 1 is 0.404 bits per heavy atom. The van der Waals surface area contributed by atoms with Crippen LogP contribution in [-0.2, 0) is 61.2 Å². The Labute approximate surface area is 561 Å². The average Bonchev–Trinajstić information content (AvgIpc) is 0.768. The van der Waals surface area contributed by atoms with E-state index in [-0.39, 0.29) is 19.3 Å². The molecule has 3 aliphatic rings. The van der Waals surface area contributed by atoms with Gasteiger partial charge in [0.1, 0.15) is 98.7 Å². The number of phosphoric acid groups is 1. The van der Waals surface area contributed by atoms with Gasteiger partial charge in [-0.15, -0.1) is 0 Å². The standard InChI is InChI=1S/C69H127O24P/c1-4-7-10-13-16-19-22-25-27-30-32-35-38-41-44-54(72)86-49-52-57(75)59(77)64(82)69(90-52)92-66-62(80)60(78)61(79)65(91-68-63(81)58(76)56(74)51(46-70)89-68)67(66)93-94(83,84)87-48-50(88-55(73)45-42-39-36-33-28-24-21-18-15-12-9-6-3)47-85-53(71)43-40-37-34-31-29-26-23-20-17-14-11-8-5-2/h27,30,50-52,56-70,74-82H,4-26,28-29,31-49H2,1-3H3,(H,83,84)/b30-27-. The summed E-state index contributed by atoms with van der Waals surface area (Å²) in [7, 11) is -5.69. The highest BCUT2D eigenvalue weighted by atomic mass is 31.2. The monoisotopic (exact) mass is 1370 g/mol. The molecule has 1 saturated carbocycles. The van der Waals surface area contributed by atoms with Crippen LogP contribution in [0.2, 0.25) is 0 Å². The van der Waals surface area contributed by atoms with Gasteiger partial charge < -0.3 is 89.1 Å². The van der Waals surface area contributed by atoms with E-state index in [1.165, 1.54) is 122 Å². The molecule has 94 heavy (non-hydrogen) atoms. The first-order valence-corrected chi connectivity index (χ1v) is 38.0. The number of aliphatic hydroxyl groups is 10. The lowest BCUT2D eigenvalue weighted by atomic mass is 9.84. The van der Waals surface area contributed by atoms with Crippen LogP contribution in [0.25, 0.3) is 0 Å². The van der Waals surface area contributed by atoms with Crippen LogP contribution < -0.4 is 0 Å². The number of ether oxygens (including phenoxy) is 7. The molecular formula is C69H127O24P. The molecule has 2 saturated heterocycles. The second-order valence-electron chi connectivity index (χ2n) is 26.3. The number of hydrogen-bond donors (Lipinski definition) is 11. The van der Waals surface area contributed by atoms with Gasteiger partial charge in [-0.05, 0) is 44.9 Å². The number of allylic oxidation sites excluding steroid dienone is 2. The molecule has 0 aromatic heterocycles. The molecule has 0 radical (unpaired) electrons. The Hall–Kier alpha value is -2.30. The highest BCUT2D eigenvalue weighted by Gasteiger charge is 2.58. The maximum absolute atomic E-state index is 14.3. The third kappa shape index (κ3) is 35.1. The van der Waals surface area contributed by atoms with E-state index >= 15 is 0 Å². The van der Waals surface area contributed by atoms with Crippen LogP contribution in [-0.4, -0.2) is 204 Å². The second kappa shape index (κ2) is 51.8. The molecule has 3 rings (SSSR count). The van der Waals surface area contributed by atoms with E-state index in [0.717, 1.165) is 96.3 Å². The summed E-state index contributed by atoms with van der Waals surface area (Å²) in [6.45, 7) is 3.41. The van der Waals surface area contributed by atoms with Crippen LogP contribution >= 0.6 is 7.82 Å². The summed E-state index contributed by atoms with van der Waals surface area (Å²) in [5.74, 6) is -2.00. The maximum Gasteiger partial charge on any atom is 0.472 e. The molecule has 11 N–H and O–H groups in total. The first kappa shape index (κ1) is 85.9. The minimum absolute atomic E-state index is 0.00955. The third-order valence-electron chi connectivity index (χ3n) is 18.0. The minimum atomic E-state index is -5.69. The zero-order valence-corrected chi connectivity index (χ0v) is 58.2. The maximum atomic E-state index is 14.3. The SMILES string of the molecule is CCCCCCCCC/C=C\CCCCCC(=O)OCC1OC(OC2C(O)C(O)C(O)C(OC3OC(CO)C(O)C(O)C3O)C2OP(=O)(O)OCC(COC(=O)CCCCCCCCCCCCCCC)OC(=O)CCCCCCCCCCCCCC)C(O)C(O)C1O. The van der Waals surface area contributed by atoms with E-state index in [0.29, 0.717) is 19.3 Å². The predicted octanol–water partition coefficient (Wildman–Crippen LogP) is 9.18. The van der Waals surface area contributed by atoms with E-state index < -0.39 is 156 Å². The molecule has 18 atom stereocenters. The van der Waals surface area contributed by atoms with Gasteiger partial charge in [-0.1, -0.05) is 226 Å². The second-order valence-corrected chi connectivity index (χ2v) is 27.7. The number of aliphatic hydroxyl groups excluding tert-OH is 10. The Morgan fingerprint density at radius 3 is 1.16 bits per heavy atom. The smallest absolute Gasteiger partial charge is 0.463 e. The Bertz CT molecular complexity index is 2010. The van der Waals surface area contributed by atoms with Gasteiger partial charge in [0.15, 0.2) is 18.7 Å². The van der Waals surface area contributed by atoms with Crippen molar-refractivity contribution in [3.8, 4) is 0 Å². The van der Waals surface area contributed by atoms with Gasteiger partial charge in [0.2, 0.25) is 0 Å². The average molecular weight is 1370 g/mol. The number of esters is 3. The molecule has 1 aliphatic carbocycles. The van der Waals surface area contributed by atoms with E-state index in [2.05, 4.69) is 32.9 Å². The first-order chi connectivity index (χ1) is 45.3.